The molecule has 4 rings (SSSR count). The number of benzene rings is 3. The predicted octanol–water partition coefficient (Wildman–Crippen LogP) is 4.12. The van der Waals surface area contributed by atoms with Gasteiger partial charge in [0.2, 0.25) is 11.8 Å². The van der Waals surface area contributed by atoms with Crippen LogP contribution in [0.15, 0.2) is 66.7 Å². The number of nitrogens with one attached hydrogen (secondary N) is 2. The van der Waals surface area contributed by atoms with E-state index in [2.05, 4.69) is 10.6 Å². The highest BCUT2D eigenvalue weighted by molar-refractivity contribution is 6.06. The molecule has 1 atom stereocenters. The highest BCUT2D eigenvalue weighted by atomic mass is 19.1. The number of likely N-dealkylation sites (tertiary alicyclic amines) is 1. The van der Waals surface area contributed by atoms with Crippen LogP contribution in [0, 0.1) is 11.7 Å². The number of hydrogen-bond donors (Lipinski definition) is 2. The summed E-state index contributed by atoms with van der Waals surface area (Å²) in [6.07, 6.45) is 0.668. The fourth-order valence-electron chi connectivity index (χ4n) is 4.19. The smallest absolute Gasteiger partial charge is 0.255 e. The summed E-state index contributed by atoms with van der Waals surface area (Å²) in [6.45, 7) is 0.734. The van der Waals surface area contributed by atoms with Crippen molar-refractivity contribution in [2.24, 2.45) is 5.92 Å². The molecular formula is C28H28FN3O5. The summed E-state index contributed by atoms with van der Waals surface area (Å²) in [6, 6.07) is 18.0. The Kier molecular flexibility index (Phi) is 8.02. The van der Waals surface area contributed by atoms with E-state index < -0.39 is 5.92 Å². The number of carbonyl (C=O) groups excluding carboxylic acids is 3. The van der Waals surface area contributed by atoms with E-state index >= 15 is 0 Å². The molecule has 0 saturated carbocycles. The van der Waals surface area contributed by atoms with Crippen LogP contribution >= 0.6 is 0 Å². The molecule has 1 saturated heterocycles. The lowest BCUT2D eigenvalue weighted by Crippen LogP contribution is -2.30. The van der Waals surface area contributed by atoms with Crippen molar-refractivity contribution >= 4 is 29.1 Å². The van der Waals surface area contributed by atoms with Crippen LogP contribution in [0.5, 0.6) is 11.5 Å². The highest BCUT2D eigenvalue weighted by Crippen LogP contribution is 2.37. The van der Waals surface area contributed by atoms with Crippen LogP contribution in [0.3, 0.4) is 0 Å². The molecule has 1 heterocycles. The zero-order valence-electron chi connectivity index (χ0n) is 20.6. The van der Waals surface area contributed by atoms with Crippen LogP contribution in [-0.2, 0) is 16.0 Å². The Morgan fingerprint density at radius 1 is 0.946 bits per heavy atom. The number of methoxy groups -OCH3 is 2. The number of carbonyl (C=O) groups is 3. The molecular weight excluding hydrogens is 477 g/mol. The molecule has 1 aliphatic rings. The van der Waals surface area contributed by atoms with Crippen molar-refractivity contribution < 1.29 is 28.2 Å². The van der Waals surface area contributed by atoms with Gasteiger partial charge in [0.25, 0.3) is 5.91 Å². The summed E-state index contributed by atoms with van der Waals surface area (Å²) in [4.78, 5) is 39.8. The number of halogens is 1. The van der Waals surface area contributed by atoms with E-state index in [1.165, 1.54) is 26.4 Å². The van der Waals surface area contributed by atoms with E-state index in [-0.39, 0.29) is 36.5 Å². The van der Waals surface area contributed by atoms with Crippen molar-refractivity contribution in [3.8, 4) is 11.5 Å². The Hall–Kier alpha value is -4.40. The largest absolute Gasteiger partial charge is 0.494 e. The van der Waals surface area contributed by atoms with Crippen LogP contribution in [0.25, 0.3) is 0 Å². The molecule has 3 amide bonds. The van der Waals surface area contributed by atoms with Gasteiger partial charge >= 0.3 is 0 Å². The molecule has 3 aromatic carbocycles. The molecule has 1 unspecified atom stereocenters. The van der Waals surface area contributed by atoms with Gasteiger partial charge in [0, 0.05) is 37.2 Å². The molecule has 0 bridgehead atoms. The molecule has 0 aliphatic carbocycles. The number of amides is 3. The van der Waals surface area contributed by atoms with Crippen molar-refractivity contribution in [3.05, 3.63) is 83.7 Å². The molecule has 0 spiro atoms. The van der Waals surface area contributed by atoms with E-state index in [9.17, 15) is 18.8 Å². The molecule has 1 aliphatic heterocycles. The average molecular weight is 506 g/mol. The first-order valence-electron chi connectivity index (χ1n) is 11.8. The Balaban J connectivity index is 1.42. The Labute approximate surface area is 214 Å². The Bertz CT molecular complexity index is 1280. The van der Waals surface area contributed by atoms with Crippen LogP contribution in [0.2, 0.25) is 0 Å². The molecule has 2 N–H and O–H groups in total. The molecule has 0 aromatic heterocycles. The third-order valence-corrected chi connectivity index (χ3v) is 6.23. The van der Waals surface area contributed by atoms with E-state index in [1.807, 2.05) is 6.07 Å². The monoisotopic (exact) mass is 505 g/mol. The first kappa shape index (κ1) is 25.7. The Morgan fingerprint density at radius 3 is 2.19 bits per heavy atom. The number of nitrogens with zero attached hydrogens (tertiary/aromatic N) is 1. The predicted molar refractivity (Wildman–Crippen MR) is 137 cm³/mol. The summed E-state index contributed by atoms with van der Waals surface area (Å²) in [5.41, 5.74) is 2.14. The van der Waals surface area contributed by atoms with Crippen LogP contribution in [-0.4, -0.2) is 49.9 Å². The minimum atomic E-state index is -0.533. The number of anilines is 2. The van der Waals surface area contributed by atoms with Crippen molar-refractivity contribution in [2.75, 3.05) is 37.9 Å². The number of ether oxygens (including phenoxy) is 2. The normalized spacial score (nSPS) is 14.8. The molecule has 9 heteroatoms. The fourth-order valence-corrected chi connectivity index (χ4v) is 4.19. The van der Waals surface area contributed by atoms with Crippen molar-refractivity contribution in [1.82, 2.24) is 4.90 Å². The van der Waals surface area contributed by atoms with Crippen molar-refractivity contribution in [3.63, 3.8) is 0 Å². The maximum atomic E-state index is 13.1. The lowest BCUT2D eigenvalue weighted by Gasteiger charge is -2.18. The van der Waals surface area contributed by atoms with Crippen molar-refractivity contribution in [1.29, 1.82) is 0 Å². The number of rotatable bonds is 9. The summed E-state index contributed by atoms with van der Waals surface area (Å²) in [5.74, 6) is -0.920. The summed E-state index contributed by atoms with van der Waals surface area (Å²) >= 11 is 0. The number of hydrogen-bond acceptors (Lipinski definition) is 5. The molecule has 1 fully saturated rings. The van der Waals surface area contributed by atoms with Gasteiger partial charge in [-0.25, -0.2) is 4.39 Å². The van der Waals surface area contributed by atoms with Gasteiger partial charge in [0.1, 0.15) is 17.3 Å². The fraction of sp³-hybridized carbons (Fsp3) is 0.250. The third-order valence-electron chi connectivity index (χ3n) is 6.23. The van der Waals surface area contributed by atoms with Gasteiger partial charge in [-0.1, -0.05) is 30.3 Å². The second-order valence-corrected chi connectivity index (χ2v) is 8.68. The molecule has 3 aromatic rings. The standard InChI is InChI=1S/C28H28FN3O5/c1-36-24-16-23(25(37-2)15-22(24)30-27(34)19-6-4-3-5-7-19)31-28(35)20-14-26(33)32(17-20)13-12-18-8-10-21(29)11-9-18/h3-11,15-16,20H,12-14,17H2,1-2H3,(H,30,34)(H,31,35). The zero-order valence-corrected chi connectivity index (χ0v) is 20.6. The summed E-state index contributed by atoms with van der Waals surface area (Å²) < 4.78 is 24.0. The summed E-state index contributed by atoms with van der Waals surface area (Å²) in [5, 5.41) is 5.64. The quantitative estimate of drug-likeness (QED) is 0.456. The molecule has 37 heavy (non-hydrogen) atoms. The van der Waals surface area contributed by atoms with E-state index in [0.717, 1.165) is 5.56 Å². The second-order valence-electron chi connectivity index (χ2n) is 8.68. The van der Waals surface area contributed by atoms with E-state index in [4.69, 9.17) is 9.47 Å². The van der Waals surface area contributed by atoms with Gasteiger partial charge in [0.05, 0.1) is 31.5 Å². The van der Waals surface area contributed by atoms with Gasteiger partial charge in [-0.2, -0.15) is 0 Å². The third kappa shape index (κ3) is 6.24. The second kappa shape index (κ2) is 11.6. The average Bonchev–Trinajstić information content (AvgIpc) is 3.29. The van der Waals surface area contributed by atoms with Crippen molar-refractivity contribution in [2.45, 2.75) is 12.8 Å². The maximum absolute atomic E-state index is 13.1. The van der Waals surface area contributed by atoms with E-state index in [0.29, 0.717) is 41.4 Å². The van der Waals surface area contributed by atoms with Gasteiger partial charge in [-0.3, -0.25) is 14.4 Å². The highest BCUT2D eigenvalue weighted by Gasteiger charge is 2.34. The minimum absolute atomic E-state index is 0.0971. The van der Waals surface area contributed by atoms with Crippen LogP contribution < -0.4 is 20.1 Å². The molecule has 8 nitrogen and oxygen atoms in total. The first-order valence-corrected chi connectivity index (χ1v) is 11.8. The van der Waals surface area contributed by atoms with Crippen LogP contribution in [0.4, 0.5) is 15.8 Å². The van der Waals surface area contributed by atoms with Gasteiger partial charge in [-0.15, -0.1) is 0 Å². The van der Waals surface area contributed by atoms with Gasteiger partial charge in [-0.05, 0) is 36.2 Å². The van der Waals surface area contributed by atoms with E-state index in [1.54, 1.807) is 53.4 Å². The van der Waals surface area contributed by atoms with Gasteiger partial charge < -0.3 is 25.0 Å². The van der Waals surface area contributed by atoms with Gasteiger partial charge in [0.15, 0.2) is 0 Å². The lowest BCUT2D eigenvalue weighted by atomic mass is 10.1. The molecule has 0 radical (unpaired) electrons. The lowest BCUT2D eigenvalue weighted by molar-refractivity contribution is -0.128. The summed E-state index contributed by atoms with van der Waals surface area (Å²) in [7, 11) is 2.91. The minimum Gasteiger partial charge on any atom is -0.494 e. The Morgan fingerprint density at radius 2 is 1.57 bits per heavy atom. The molecule has 192 valence electrons. The first-order chi connectivity index (χ1) is 17.9. The SMILES string of the molecule is COc1cc(NC(=O)C2CC(=O)N(CCc3ccc(F)cc3)C2)c(OC)cc1NC(=O)c1ccccc1. The zero-order chi connectivity index (χ0) is 26.4. The topological polar surface area (TPSA) is 97.0 Å². The maximum Gasteiger partial charge on any atom is 0.255 e. The van der Waals surface area contributed by atoms with Crippen LogP contribution in [0.1, 0.15) is 22.3 Å².